The second-order valence-electron chi connectivity index (χ2n) is 2.97. The number of carbonyl (C=O) groups is 2. The molecule has 0 aliphatic heterocycles. The summed E-state index contributed by atoms with van der Waals surface area (Å²) in [6.07, 6.45) is -0.945. The molecule has 0 aromatic carbocycles. The molecule has 1 aromatic heterocycles. The van der Waals surface area contributed by atoms with E-state index in [0.29, 0.717) is 6.08 Å². The molecule has 1 aromatic rings. The van der Waals surface area contributed by atoms with Gasteiger partial charge in [0.2, 0.25) is 0 Å². The quantitative estimate of drug-likeness (QED) is 0.676. The van der Waals surface area contributed by atoms with Crippen LogP contribution in [0.1, 0.15) is 10.4 Å². The first kappa shape index (κ1) is 16.6. The number of carboxylic acids is 1. The molecular weight excluding hydrogens is 267 g/mol. The molecule has 0 aliphatic rings. The van der Waals surface area contributed by atoms with Crippen molar-refractivity contribution in [2.45, 2.75) is 6.18 Å². The number of hydrogen-bond acceptors (Lipinski definition) is 4. The third kappa shape index (κ3) is 9.33. The number of carbonyl (C=O) groups excluding carboxylic acids is 1. The van der Waals surface area contributed by atoms with E-state index in [1.807, 2.05) is 0 Å². The van der Waals surface area contributed by atoms with Crippen LogP contribution in [-0.2, 0) is 9.53 Å². The maximum atomic E-state index is 11.2. The summed E-state index contributed by atoms with van der Waals surface area (Å²) in [5.74, 6) is -2.01. The van der Waals surface area contributed by atoms with Crippen molar-refractivity contribution in [3.8, 4) is 0 Å². The molecule has 0 saturated heterocycles. The number of pyridine rings is 1. The van der Waals surface area contributed by atoms with E-state index in [1.54, 1.807) is 6.07 Å². The lowest BCUT2D eigenvalue weighted by Gasteiger charge is -2.04. The summed E-state index contributed by atoms with van der Waals surface area (Å²) in [5, 5.41) is 8.34. The van der Waals surface area contributed by atoms with Crippen molar-refractivity contribution in [3.05, 3.63) is 42.7 Å². The number of aromatic carboxylic acids is 1. The van der Waals surface area contributed by atoms with Crippen molar-refractivity contribution >= 4 is 11.9 Å². The summed E-state index contributed by atoms with van der Waals surface area (Å²) in [5.41, 5.74) is 0.220. The molecule has 5 nitrogen and oxygen atoms in total. The van der Waals surface area contributed by atoms with Crippen molar-refractivity contribution in [3.63, 3.8) is 0 Å². The van der Waals surface area contributed by atoms with Crippen LogP contribution in [0.5, 0.6) is 0 Å². The van der Waals surface area contributed by atoms with E-state index in [-0.39, 0.29) is 5.56 Å². The highest BCUT2D eigenvalue weighted by atomic mass is 19.4. The highest BCUT2D eigenvalue weighted by Crippen LogP contribution is 2.14. The van der Waals surface area contributed by atoms with Gasteiger partial charge < -0.3 is 9.84 Å². The van der Waals surface area contributed by atoms with Gasteiger partial charge in [-0.05, 0) is 12.1 Å². The topological polar surface area (TPSA) is 76.5 Å². The lowest BCUT2D eigenvalue weighted by atomic mass is 10.3. The molecule has 1 heterocycles. The molecule has 0 atom stereocenters. The number of alkyl halides is 3. The Hall–Kier alpha value is -2.38. The zero-order valence-electron chi connectivity index (χ0n) is 9.55. The van der Waals surface area contributed by atoms with E-state index in [4.69, 9.17) is 5.11 Å². The minimum absolute atomic E-state index is 0.220. The van der Waals surface area contributed by atoms with Crippen LogP contribution in [0.25, 0.3) is 0 Å². The van der Waals surface area contributed by atoms with Gasteiger partial charge in [0.25, 0.3) is 0 Å². The maximum absolute atomic E-state index is 11.2. The Labute approximate surface area is 106 Å². The van der Waals surface area contributed by atoms with Crippen molar-refractivity contribution in [2.75, 3.05) is 6.61 Å². The summed E-state index contributed by atoms with van der Waals surface area (Å²) in [6, 6.07) is 3.08. The third-order valence-corrected chi connectivity index (χ3v) is 1.45. The van der Waals surface area contributed by atoms with Gasteiger partial charge in [0.15, 0.2) is 6.61 Å². The van der Waals surface area contributed by atoms with Gasteiger partial charge in [-0.15, -0.1) is 0 Å². The fraction of sp³-hybridized carbons (Fsp3) is 0.182. The second-order valence-corrected chi connectivity index (χ2v) is 2.97. The molecule has 1 N–H and O–H groups in total. The highest BCUT2D eigenvalue weighted by molar-refractivity contribution is 5.86. The number of esters is 1. The van der Waals surface area contributed by atoms with Crippen LogP contribution in [-0.4, -0.2) is 34.8 Å². The van der Waals surface area contributed by atoms with Gasteiger partial charge in [-0.25, -0.2) is 9.59 Å². The fourth-order valence-corrected chi connectivity index (χ4v) is 0.701. The normalized spacial score (nSPS) is 9.84. The van der Waals surface area contributed by atoms with Crippen LogP contribution < -0.4 is 0 Å². The first-order chi connectivity index (χ1) is 8.76. The Balaban J connectivity index is 0.000000342. The van der Waals surface area contributed by atoms with Crippen LogP contribution in [0.2, 0.25) is 0 Å². The second kappa shape index (κ2) is 7.85. The molecule has 0 fully saturated rings. The Morgan fingerprint density at radius 2 is 2.11 bits per heavy atom. The first-order valence-electron chi connectivity index (χ1n) is 4.75. The molecule has 0 unspecified atom stereocenters. The fourth-order valence-electron chi connectivity index (χ4n) is 0.701. The Morgan fingerprint density at radius 1 is 1.47 bits per heavy atom. The molecule has 8 heteroatoms. The van der Waals surface area contributed by atoms with Gasteiger partial charge in [-0.3, -0.25) is 4.98 Å². The highest BCUT2D eigenvalue weighted by Gasteiger charge is 2.28. The predicted octanol–water partition coefficient (Wildman–Crippen LogP) is 2.06. The molecular formula is C11H10F3NO4. The zero-order valence-corrected chi connectivity index (χ0v) is 9.55. The minimum Gasteiger partial charge on any atom is -0.478 e. The standard InChI is InChI=1S/C6H5NO2.C5H5F3O2/c8-6(9)5-2-1-3-7-4-5;1-2-4(9)10-3-5(6,7)8/h1-4H,(H,8,9);2H,1,3H2. The summed E-state index contributed by atoms with van der Waals surface area (Å²) in [7, 11) is 0. The van der Waals surface area contributed by atoms with Crippen LogP contribution in [0.3, 0.4) is 0 Å². The van der Waals surface area contributed by atoms with Crippen molar-refractivity contribution < 1.29 is 32.6 Å². The number of carboxylic acid groups (broad SMARTS) is 1. The van der Waals surface area contributed by atoms with E-state index >= 15 is 0 Å². The van der Waals surface area contributed by atoms with Crippen LogP contribution in [0.4, 0.5) is 13.2 Å². The molecule has 0 bridgehead atoms. The summed E-state index contributed by atoms with van der Waals surface area (Å²) in [4.78, 5) is 23.8. The monoisotopic (exact) mass is 277 g/mol. The van der Waals surface area contributed by atoms with Crippen LogP contribution in [0.15, 0.2) is 37.2 Å². The van der Waals surface area contributed by atoms with Gasteiger partial charge in [-0.1, -0.05) is 6.58 Å². The van der Waals surface area contributed by atoms with E-state index < -0.39 is 24.7 Å². The zero-order chi connectivity index (χ0) is 14.9. The molecule has 0 radical (unpaired) electrons. The van der Waals surface area contributed by atoms with Crippen LogP contribution >= 0.6 is 0 Å². The summed E-state index contributed by atoms with van der Waals surface area (Å²) in [6.45, 7) is 1.36. The summed E-state index contributed by atoms with van der Waals surface area (Å²) < 4.78 is 37.4. The Bertz CT molecular complexity index is 431. The third-order valence-electron chi connectivity index (χ3n) is 1.45. The lowest BCUT2D eigenvalue weighted by molar-refractivity contribution is -0.182. The van der Waals surface area contributed by atoms with Crippen LogP contribution in [0, 0.1) is 0 Å². The molecule has 104 valence electrons. The first-order valence-corrected chi connectivity index (χ1v) is 4.75. The van der Waals surface area contributed by atoms with E-state index in [0.717, 1.165) is 0 Å². The molecule has 0 aliphatic carbocycles. The number of rotatable bonds is 3. The van der Waals surface area contributed by atoms with Gasteiger partial charge in [-0.2, -0.15) is 13.2 Å². The lowest BCUT2D eigenvalue weighted by Crippen LogP contribution is -2.19. The van der Waals surface area contributed by atoms with Gasteiger partial charge in [0, 0.05) is 18.5 Å². The number of ether oxygens (including phenoxy) is 1. The number of aromatic nitrogens is 1. The Kier molecular flexibility index (Phi) is 6.87. The van der Waals surface area contributed by atoms with E-state index in [9.17, 15) is 22.8 Å². The average molecular weight is 277 g/mol. The molecule has 1 rings (SSSR count). The summed E-state index contributed by atoms with van der Waals surface area (Å²) >= 11 is 0. The predicted molar refractivity (Wildman–Crippen MR) is 58.4 cm³/mol. The van der Waals surface area contributed by atoms with Gasteiger partial charge in [0.1, 0.15) is 0 Å². The van der Waals surface area contributed by atoms with Crippen molar-refractivity contribution in [1.29, 1.82) is 0 Å². The minimum atomic E-state index is -4.46. The van der Waals surface area contributed by atoms with E-state index in [1.165, 1.54) is 18.5 Å². The maximum Gasteiger partial charge on any atom is 0.422 e. The molecule has 0 saturated carbocycles. The molecule has 0 spiro atoms. The van der Waals surface area contributed by atoms with Gasteiger partial charge in [0.05, 0.1) is 5.56 Å². The van der Waals surface area contributed by atoms with Crippen molar-refractivity contribution in [1.82, 2.24) is 4.98 Å². The SMILES string of the molecule is C=CC(=O)OCC(F)(F)F.O=C(O)c1cccnc1. The van der Waals surface area contributed by atoms with Gasteiger partial charge >= 0.3 is 18.1 Å². The smallest absolute Gasteiger partial charge is 0.422 e. The van der Waals surface area contributed by atoms with E-state index in [2.05, 4.69) is 16.3 Å². The number of hydrogen-bond donors (Lipinski definition) is 1. The van der Waals surface area contributed by atoms with Crippen molar-refractivity contribution in [2.24, 2.45) is 0 Å². The molecule has 19 heavy (non-hydrogen) atoms. The number of nitrogens with zero attached hydrogens (tertiary/aromatic N) is 1. The largest absolute Gasteiger partial charge is 0.478 e. The average Bonchev–Trinajstić information content (AvgIpc) is 2.37. The molecule has 0 amide bonds. The number of halogens is 3. The Morgan fingerprint density at radius 3 is 2.42 bits per heavy atom.